The second-order valence-corrected chi connectivity index (χ2v) is 13.3. The summed E-state index contributed by atoms with van der Waals surface area (Å²) in [5.74, 6) is -0.943. The van der Waals surface area contributed by atoms with Crippen molar-refractivity contribution in [3.8, 4) is 0 Å². The molecule has 10 nitrogen and oxygen atoms in total. The van der Waals surface area contributed by atoms with Gasteiger partial charge in [-0.3, -0.25) is 29.2 Å². The Balaban J connectivity index is 1.36. The van der Waals surface area contributed by atoms with Crippen LogP contribution in [-0.2, 0) is 23.9 Å². The fraction of sp³-hybridized carbons (Fsp3) is 0.559. The van der Waals surface area contributed by atoms with E-state index in [0.717, 1.165) is 47.8 Å². The highest BCUT2D eigenvalue weighted by Gasteiger charge is 2.46. The van der Waals surface area contributed by atoms with E-state index in [1.165, 1.54) is 5.01 Å². The Morgan fingerprint density at radius 2 is 1.61 bits per heavy atom. The molecule has 1 aromatic carbocycles. The molecule has 4 atom stereocenters. The van der Waals surface area contributed by atoms with Crippen LogP contribution in [0.25, 0.3) is 17.0 Å². The SMILES string of the molecule is CC1CCC2(/C=C/c3ccc4ccc(nc4c3)[C@@H](C)NC(=O)[C@@H]3CCCN(N3)C(=O)[C@H](C)NC(=O)[C@H](C3CC3)OC2=O)CC1. The summed E-state index contributed by atoms with van der Waals surface area (Å²) < 4.78 is 6.08. The van der Waals surface area contributed by atoms with Gasteiger partial charge in [0.25, 0.3) is 11.8 Å². The predicted octanol–water partition coefficient (Wildman–Crippen LogP) is 3.96. The van der Waals surface area contributed by atoms with Crippen LogP contribution in [0.15, 0.2) is 36.4 Å². The molecule has 44 heavy (non-hydrogen) atoms. The number of carbonyl (C=O) groups is 4. The molecule has 3 N–H and O–H groups in total. The highest BCUT2D eigenvalue weighted by Crippen LogP contribution is 2.43. The van der Waals surface area contributed by atoms with Gasteiger partial charge in [-0.1, -0.05) is 37.3 Å². The number of rotatable bonds is 1. The van der Waals surface area contributed by atoms with Crippen molar-refractivity contribution in [1.29, 1.82) is 0 Å². The normalized spacial score (nSPS) is 33.1. The minimum Gasteiger partial charge on any atom is -0.451 e. The fourth-order valence-electron chi connectivity index (χ4n) is 6.58. The zero-order chi connectivity index (χ0) is 31.0. The molecule has 5 bridgehead atoms. The van der Waals surface area contributed by atoms with Crippen LogP contribution in [0.5, 0.6) is 0 Å². The third kappa shape index (κ3) is 6.36. The number of nitrogens with zero attached hydrogens (tertiary/aromatic N) is 2. The summed E-state index contributed by atoms with van der Waals surface area (Å²) >= 11 is 0. The molecule has 234 valence electrons. The largest absolute Gasteiger partial charge is 0.451 e. The van der Waals surface area contributed by atoms with Crippen LogP contribution in [0.3, 0.4) is 0 Å². The Bertz CT molecular complexity index is 1480. The van der Waals surface area contributed by atoms with E-state index in [2.05, 4.69) is 23.0 Å². The first-order valence-electron chi connectivity index (χ1n) is 16.1. The third-order valence-electron chi connectivity index (χ3n) is 9.75. The Morgan fingerprint density at radius 3 is 2.36 bits per heavy atom. The first-order chi connectivity index (χ1) is 21.1. The molecule has 3 fully saturated rings. The molecule has 6 rings (SSSR count). The molecule has 0 unspecified atom stereocenters. The number of fused-ring (bicyclic) bond motifs is 4. The highest BCUT2D eigenvalue weighted by atomic mass is 16.6. The fourth-order valence-corrected chi connectivity index (χ4v) is 6.58. The molecule has 2 saturated carbocycles. The van der Waals surface area contributed by atoms with Crippen molar-refractivity contribution < 1.29 is 23.9 Å². The van der Waals surface area contributed by atoms with Crippen LogP contribution >= 0.6 is 0 Å². The van der Waals surface area contributed by atoms with Crippen LogP contribution in [0.1, 0.15) is 89.4 Å². The van der Waals surface area contributed by atoms with Crippen LogP contribution in [-0.4, -0.2) is 58.4 Å². The molecule has 1 spiro atoms. The molecule has 4 aliphatic rings. The van der Waals surface area contributed by atoms with Crippen LogP contribution in [0.2, 0.25) is 0 Å². The molecular formula is C34H43N5O5. The lowest BCUT2D eigenvalue weighted by molar-refractivity contribution is -0.167. The Kier molecular flexibility index (Phi) is 8.46. The van der Waals surface area contributed by atoms with E-state index in [1.54, 1.807) is 6.92 Å². The molecule has 2 aliphatic carbocycles. The average Bonchev–Trinajstić information content (AvgIpc) is 3.87. The van der Waals surface area contributed by atoms with Gasteiger partial charge in [0, 0.05) is 17.8 Å². The van der Waals surface area contributed by atoms with Crippen molar-refractivity contribution in [2.24, 2.45) is 17.3 Å². The molecule has 1 aromatic heterocycles. The van der Waals surface area contributed by atoms with Crippen molar-refractivity contribution in [3.05, 3.63) is 47.7 Å². The smallest absolute Gasteiger partial charge is 0.316 e. The van der Waals surface area contributed by atoms with Gasteiger partial charge in [-0.05, 0) is 88.8 Å². The zero-order valence-electron chi connectivity index (χ0n) is 25.8. The number of hydrazine groups is 1. The molecule has 0 radical (unpaired) electrons. The third-order valence-corrected chi connectivity index (χ3v) is 9.75. The van der Waals surface area contributed by atoms with Crippen LogP contribution < -0.4 is 16.1 Å². The maximum absolute atomic E-state index is 14.0. The maximum atomic E-state index is 14.0. The number of benzene rings is 1. The summed E-state index contributed by atoms with van der Waals surface area (Å²) in [5, 5.41) is 8.25. The summed E-state index contributed by atoms with van der Waals surface area (Å²) in [6, 6.07) is 8.09. The predicted molar refractivity (Wildman–Crippen MR) is 165 cm³/mol. The molecule has 1 saturated heterocycles. The van der Waals surface area contributed by atoms with E-state index in [9.17, 15) is 19.2 Å². The Morgan fingerprint density at radius 1 is 0.886 bits per heavy atom. The Hall–Kier alpha value is -3.79. The van der Waals surface area contributed by atoms with Crippen molar-refractivity contribution in [2.75, 3.05) is 6.54 Å². The van der Waals surface area contributed by atoms with Crippen molar-refractivity contribution in [1.82, 2.24) is 26.1 Å². The van der Waals surface area contributed by atoms with E-state index in [-0.39, 0.29) is 29.7 Å². The minimum atomic E-state index is -0.950. The summed E-state index contributed by atoms with van der Waals surface area (Å²) in [4.78, 5) is 59.0. The van der Waals surface area contributed by atoms with Gasteiger partial charge in [0.05, 0.1) is 22.7 Å². The lowest BCUT2D eigenvalue weighted by Crippen LogP contribution is -2.61. The van der Waals surface area contributed by atoms with Crippen LogP contribution in [0.4, 0.5) is 0 Å². The van der Waals surface area contributed by atoms with Gasteiger partial charge >= 0.3 is 5.97 Å². The summed E-state index contributed by atoms with van der Waals surface area (Å²) in [7, 11) is 0. The van der Waals surface area contributed by atoms with Crippen LogP contribution in [0, 0.1) is 17.3 Å². The van der Waals surface area contributed by atoms with E-state index < -0.39 is 29.5 Å². The van der Waals surface area contributed by atoms with E-state index in [0.29, 0.717) is 38.1 Å². The Labute approximate surface area is 258 Å². The molecule has 2 aliphatic heterocycles. The second-order valence-electron chi connectivity index (χ2n) is 13.3. The first-order valence-corrected chi connectivity index (χ1v) is 16.1. The molecule has 2 aromatic rings. The van der Waals surface area contributed by atoms with Gasteiger partial charge in [0.1, 0.15) is 12.1 Å². The first kappa shape index (κ1) is 30.2. The number of ether oxygens (including phenoxy) is 1. The lowest BCUT2D eigenvalue weighted by atomic mass is 9.70. The number of nitrogens with one attached hydrogen (secondary N) is 3. The number of esters is 1. The number of carbonyl (C=O) groups excluding carboxylic acids is 4. The zero-order valence-corrected chi connectivity index (χ0v) is 25.8. The van der Waals surface area contributed by atoms with Crippen molar-refractivity contribution in [3.63, 3.8) is 0 Å². The number of aromatic nitrogens is 1. The molecule has 3 heterocycles. The quantitative estimate of drug-likeness (QED) is 0.422. The number of cyclic esters (lactones) is 1. The topological polar surface area (TPSA) is 130 Å². The van der Waals surface area contributed by atoms with Gasteiger partial charge in [-0.2, -0.15) is 0 Å². The lowest BCUT2D eigenvalue weighted by Gasteiger charge is -2.36. The standard InChI is InChI=1S/C34H43N5O5/c1-20-12-15-34(16-13-20)17-14-23-6-7-24-10-11-26(37-28(24)19-23)21(2)35-30(40)27-5-4-18-39(38-27)32(42)22(3)36-31(41)29(25-8-9-25)44-33(34)43/h6-7,10-11,14,17,19-22,25,27,29,38H,4-5,8-9,12-13,15-16,18H2,1-3H3,(H,35,40)(H,36,41)/b17-14+/t20?,21-,22+,27+,29+,34?/m1/s1. The van der Waals surface area contributed by atoms with Gasteiger partial charge in [-0.25, -0.2) is 5.43 Å². The summed E-state index contributed by atoms with van der Waals surface area (Å²) in [6.07, 6.45) is 8.85. The van der Waals surface area contributed by atoms with E-state index in [1.807, 2.05) is 49.4 Å². The number of pyridine rings is 1. The van der Waals surface area contributed by atoms with E-state index in [4.69, 9.17) is 9.72 Å². The van der Waals surface area contributed by atoms with Gasteiger partial charge in [-0.15, -0.1) is 0 Å². The van der Waals surface area contributed by atoms with Crippen molar-refractivity contribution in [2.45, 2.75) is 96.4 Å². The number of hydrogen-bond donors (Lipinski definition) is 3. The molecule has 10 heteroatoms. The second kappa shape index (κ2) is 12.3. The molecular weight excluding hydrogens is 558 g/mol. The summed E-state index contributed by atoms with van der Waals surface area (Å²) in [5.41, 5.74) is 4.65. The van der Waals surface area contributed by atoms with Crippen molar-refractivity contribution >= 4 is 40.7 Å². The highest BCUT2D eigenvalue weighted by molar-refractivity contribution is 5.92. The van der Waals surface area contributed by atoms with E-state index >= 15 is 0 Å². The maximum Gasteiger partial charge on any atom is 0.316 e. The number of hydrogen-bond acceptors (Lipinski definition) is 7. The monoisotopic (exact) mass is 601 g/mol. The molecule has 3 amide bonds. The average molecular weight is 602 g/mol. The number of amides is 3. The van der Waals surface area contributed by atoms with Gasteiger partial charge in [0.15, 0.2) is 6.10 Å². The summed E-state index contributed by atoms with van der Waals surface area (Å²) in [6.45, 7) is 6.13. The minimum absolute atomic E-state index is 0.0599. The van der Waals surface area contributed by atoms with Gasteiger partial charge < -0.3 is 15.4 Å². The van der Waals surface area contributed by atoms with Gasteiger partial charge in [0.2, 0.25) is 5.91 Å².